The van der Waals surface area contributed by atoms with Crippen LogP contribution in [0.25, 0.3) is 0 Å². The van der Waals surface area contributed by atoms with Gasteiger partial charge in [0.2, 0.25) is 6.79 Å². The normalized spacial score (nSPS) is 13.1. The molecule has 0 aromatic heterocycles. The number of aromatic hydroxyl groups is 2. The number of phenols is 2. The van der Waals surface area contributed by atoms with Gasteiger partial charge in [0.15, 0.2) is 18.1 Å². The van der Waals surface area contributed by atoms with Crippen LogP contribution in [-0.2, 0) is 9.53 Å². The maximum Gasteiger partial charge on any atom is 0.342 e. The van der Waals surface area contributed by atoms with E-state index in [1.54, 1.807) is 25.1 Å². The van der Waals surface area contributed by atoms with E-state index >= 15 is 0 Å². The van der Waals surface area contributed by atoms with E-state index in [9.17, 15) is 19.8 Å². The summed E-state index contributed by atoms with van der Waals surface area (Å²) in [6.07, 6.45) is 0. The van der Waals surface area contributed by atoms with Crippen LogP contribution in [-0.4, -0.2) is 35.5 Å². The average Bonchev–Trinajstić information content (AvgIpc) is 3.07. The fourth-order valence-corrected chi connectivity index (χ4v) is 2.45. The number of carbonyl (C=O) groups excluding carboxylic acids is 2. The Kier molecular flexibility index (Phi) is 4.83. The van der Waals surface area contributed by atoms with E-state index < -0.39 is 24.2 Å². The van der Waals surface area contributed by atoms with Crippen molar-refractivity contribution in [1.29, 1.82) is 0 Å². The second kappa shape index (κ2) is 7.22. The molecule has 3 N–H and O–H groups in total. The second-order valence-corrected chi connectivity index (χ2v) is 5.68. The van der Waals surface area contributed by atoms with Crippen molar-refractivity contribution >= 4 is 11.9 Å². The van der Waals surface area contributed by atoms with Gasteiger partial charge < -0.3 is 29.7 Å². The van der Waals surface area contributed by atoms with Gasteiger partial charge in [0.1, 0.15) is 17.1 Å². The molecule has 2 aromatic carbocycles. The van der Waals surface area contributed by atoms with Crippen molar-refractivity contribution < 1.29 is 34.0 Å². The molecule has 2 aromatic rings. The van der Waals surface area contributed by atoms with Gasteiger partial charge in [0.05, 0.1) is 6.04 Å². The standard InChI is InChI=1S/C18H17NO7/c1-10(11-2-5-15-16(6-11)26-9-25-15)19-17(22)8-24-18(23)13-4-3-12(20)7-14(13)21/h2-7,10,20-21H,8-9H2,1H3,(H,19,22)/t10-/m0/s1. The smallest absolute Gasteiger partial charge is 0.342 e. The van der Waals surface area contributed by atoms with Crippen molar-refractivity contribution in [3.8, 4) is 23.0 Å². The molecule has 136 valence electrons. The Morgan fingerprint density at radius 2 is 1.92 bits per heavy atom. The average molecular weight is 359 g/mol. The summed E-state index contributed by atoms with van der Waals surface area (Å²) in [5.74, 6) is -0.721. The number of carbonyl (C=O) groups is 2. The zero-order valence-corrected chi connectivity index (χ0v) is 13.9. The molecule has 8 nitrogen and oxygen atoms in total. The van der Waals surface area contributed by atoms with Gasteiger partial charge in [-0.1, -0.05) is 6.07 Å². The molecule has 26 heavy (non-hydrogen) atoms. The van der Waals surface area contributed by atoms with Crippen LogP contribution in [0.4, 0.5) is 0 Å². The van der Waals surface area contributed by atoms with Crippen molar-refractivity contribution in [3.05, 3.63) is 47.5 Å². The summed E-state index contributed by atoms with van der Waals surface area (Å²) in [6, 6.07) is 8.45. The molecule has 1 heterocycles. The number of benzene rings is 2. The molecule has 0 unspecified atom stereocenters. The monoisotopic (exact) mass is 359 g/mol. The number of ether oxygens (including phenoxy) is 3. The van der Waals surface area contributed by atoms with E-state index in [-0.39, 0.29) is 24.1 Å². The molecule has 0 saturated heterocycles. The quantitative estimate of drug-likeness (QED) is 0.698. The van der Waals surface area contributed by atoms with Gasteiger partial charge in [-0.25, -0.2) is 4.79 Å². The Morgan fingerprint density at radius 1 is 1.15 bits per heavy atom. The molecule has 0 fully saturated rings. The lowest BCUT2D eigenvalue weighted by Crippen LogP contribution is -2.31. The molecular formula is C18H17NO7. The lowest BCUT2D eigenvalue weighted by molar-refractivity contribution is -0.124. The number of fused-ring (bicyclic) bond motifs is 1. The van der Waals surface area contributed by atoms with E-state index in [0.717, 1.165) is 11.6 Å². The zero-order valence-electron chi connectivity index (χ0n) is 13.9. The Balaban J connectivity index is 1.54. The third kappa shape index (κ3) is 3.80. The molecule has 0 saturated carbocycles. The van der Waals surface area contributed by atoms with Gasteiger partial charge in [-0.3, -0.25) is 4.79 Å². The van der Waals surface area contributed by atoms with E-state index in [2.05, 4.69) is 5.32 Å². The minimum atomic E-state index is -0.867. The molecule has 0 radical (unpaired) electrons. The number of hydrogen-bond donors (Lipinski definition) is 3. The number of nitrogens with one attached hydrogen (secondary N) is 1. The second-order valence-electron chi connectivity index (χ2n) is 5.68. The van der Waals surface area contributed by atoms with Crippen LogP contribution in [0.3, 0.4) is 0 Å². The summed E-state index contributed by atoms with van der Waals surface area (Å²) in [5, 5.41) is 21.5. The maximum atomic E-state index is 12.0. The molecule has 0 bridgehead atoms. The molecule has 0 spiro atoms. The fourth-order valence-electron chi connectivity index (χ4n) is 2.45. The first-order valence-electron chi connectivity index (χ1n) is 7.82. The third-order valence-corrected chi connectivity index (χ3v) is 3.81. The summed E-state index contributed by atoms with van der Waals surface area (Å²) in [4.78, 5) is 23.9. The molecule has 8 heteroatoms. The predicted molar refractivity (Wildman–Crippen MR) is 89.2 cm³/mol. The van der Waals surface area contributed by atoms with Gasteiger partial charge in [-0.2, -0.15) is 0 Å². The molecule has 1 atom stereocenters. The van der Waals surface area contributed by atoms with Crippen LogP contribution < -0.4 is 14.8 Å². The Labute approximate surface area is 148 Å². The largest absolute Gasteiger partial charge is 0.508 e. The summed E-state index contributed by atoms with van der Waals surface area (Å²) >= 11 is 0. The topological polar surface area (TPSA) is 114 Å². The van der Waals surface area contributed by atoms with Crippen LogP contribution in [0, 0.1) is 0 Å². The van der Waals surface area contributed by atoms with Crippen LogP contribution in [0.5, 0.6) is 23.0 Å². The highest BCUT2D eigenvalue weighted by Crippen LogP contribution is 2.34. The predicted octanol–water partition coefficient (Wildman–Crippen LogP) is 1.86. The summed E-state index contributed by atoms with van der Waals surface area (Å²) < 4.78 is 15.4. The molecule has 1 aliphatic heterocycles. The van der Waals surface area contributed by atoms with Crippen molar-refractivity contribution in [2.75, 3.05) is 13.4 Å². The number of hydrogen-bond acceptors (Lipinski definition) is 7. The third-order valence-electron chi connectivity index (χ3n) is 3.81. The van der Waals surface area contributed by atoms with Crippen LogP contribution >= 0.6 is 0 Å². The van der Waals surface area contributed by atoms with Crippen LogP contribution in [0.2, 0.25) is 0 Å². The van der Waals surface area contributed by atoms with Crippen molar-refractivity contribution in [1.82, 2.24) is 5.32 Å². The minimum absolute atomic E-state index is 0.139. The molecule has 3 rings (SSSR count). The highest BCUT2D eigenvalue weighted by Gasteiger charge is 2.18. The van der Waals surface area contributed by atoms with Crippen molar-refractivity contribution in [3.63, 3.8) is 0 Å². The van der Waals surface area contributed by atoms with Crippen molar-refractivity contribution in [2.45, 2.75) is 13.0 Å². The first-order valence-corrected chi connectivity index (χ1v) is 7.82. The van der Waals surface area contributed by atoms with Gasteiger partial charge >= 0.3 is 5.97 Å². The molecular weight excluding hydrogens is 342 g/mol. The Morgan fingerprint density at radius 3 is 2.69 bits per heavy atom. The van der Waals surface area contributed by atoms with Crippen molar-refractivity contribution in [2.24, 2.45) is 0 Å². The van der Waals surface area contributed by atoms with E-state index in [1.807, 2.05) is 0 Å². The zero-order chi connectivity index (χ0) is 18.7. The lowest BCUT2D eigenvalue weighted by Gasteiger charge is -2.15. The highest BCUT2D eigenvalue weighted by molar-refractivity contribution is 5.94. The highest BCUT2D eigenvalue weighted by atomic mass is 16.7. The number of phenolic OH excluding ortho intramolecular Hbond substituents is 2. The molecule has 1 aliphatic rings. The number of rotatable bonds is 5. The van der Waals surface area contributed by atoms with Gasteiger partial charge in [-0.15, -0.1) is 0 Å². The Bertz CT molecular complexity index is 849. The lowest BCUT2D eigenvalue weighted by atomic mass is 10.1. The van der Waals surface area contributed by atoms with Gasteiger partial charge in [-0.05, 0) is 36.8 Å². The van der Waals surface area contributed by atoms with Gasteiger partial charge in [0.25, 0.3) is 5.91 Å². The van der Waals surface area contributed by atoms with E-state index in [0.29, 0.717) is 11.5 Å². The number of amides is 1. The fraction of sp³-hybridized carbons (Fsp3) is 0.222. The minimum Gasteiger partial charge on any atom is -0.508 e. The summed E-state index contributed by atoms with van der Waals surface area (Å²) in [5.41, 5.74) is 0.671. The SMILES string of the molecule is C[C@H](NC(=O)COC(=O)c1ccc(O)cc1O)c1ccc2c(c1)OCO2. The molecule has 1 amide bonds. The summed E-state index contributed by atoms with van der Waals surface area (Å²) in [6.45, 7) is 1.44. The van der Waals surface area contributed by atoms with Crippen LogP contribution in [0.15, 0.2) is 36.4 Å². The maximum absolute atomic E-state index is 12.0. The summed E-state index contributed by atoms with van der Waals surface area (Å²) in [7, 11) is 0. The van der Waals surface area contributed by atoms with Gasteiger partial charge in [0, 0.05) is 6.07 Å². The number of esters is 1. The van der Waals surface area contributed by atoms with E-state index in [1.165, 1.54) is 12.1 Å². The first kappa shape index (κ1) is 17.4. The van der Waals surface area contributed by atoms with E-state index in [4.69, 9.17) is 14.2 Å². The first-order chi connectivity index (χ1) is 12.4. The Hall–Kier alpha value is -3.42. The molecule has 0 aliphatic carbocycles. The van der Waals surface area contributed by atoms with Crippen LogP contribution in [0.1, 0.15) is 28.9 Å².